The Morgan fingerprint density at radius 2 is 1.47 bits per heavy atom. The van der Waals surface area contributed by atoms with Gasteiger partial charge in [0.2, 0.25) is 0 Å². The summed E-state index contributed by atoms with van der Waals surface area (Å²) in [7, 11) is 3.03. The van der Waals surface area contributed by atoms with E-state index in [9.17, 15) is 19.8 Å². The maximum absolute atomic E-state index is 12.1. The van der Waals surface area contributed by atoms with Crippen LogP contribution in [-0.2, 0) is 31.9 Å². The van der Waals surface area contributed by atoms with Crippen LogP contribution in [0.4, 0.5) is 0 Å². The van der Waals surface area contributed by atoms with Gasteiger partial charge in [-0.3, -0.25) is 9.59 Å². The third-order valence-corrected chi connectivity index (χ3v) is 7.48. The monoisotopic (exact) mass is 498 g/mol. The Hall–Kier alpha value is -3.42. The molecule has 1 saturated carbocycles. The van der Waals surface area contributed by atoms with Gasteiger partial charge in [-0.15, -0.1) is 0 Å². The molecule has 8 heteroatoms. The fraction of sp³-hybridized carbons (Fsp3) is 0.500. The molecule has 0 radical (unpaired) electrons. The first kappa shape index (κ1) is 25.7. The van der Waals surface area contributed by atoms with Gasteiger partial charge < -0.3 is 29.2 Å². The van der Waals surface area contributed by atoms with Crippen molar-refractivity contribution >= 4 is 11.9 Å². The van der Waals surface area contributed by atoms with E-state index in [1.54, 1.807) is 12.1 Å². The van der Waals surface area contributed by atoms with Crippen LogP contribution in [0.3, 0.4) is 0 Å². The molecule has 2 aromatic carbocycles. The third-order valence-electron chi connectivity index (χ3n) is 7.48. The Morgan fingerprint density at radius 3 is 2.14 bits per heavy atom. The predicted molar refractivity (Wildman–Crippen MR) is 131 cm³/mol. The summed E-state index contributed by atoms with van der Waals surface area (Å²) in [5.41, 5.74) is 3.08. The van der Waals surface area contributed by atoms with Crippen molar-refractivity contribution in [1.29, 1.82) is 0 Å². The van der Waals surface area contributed by atoms with Gasteiger partial charge in [-0.1, -0.05) is 6.07 Å². The molecule has 0 bridgehead atoms. The minimum absolute atomic E-state index is 0.00415. The van der Waals surface area contributed by atoms with Crippen molar-refractivity contribution in [2.75, 3.05) is 14.2 Å². The molecule has 0 aliphatic heterocycles. The summed E-state index contributed by atoms with van der Waals surface area (Å²) in [5, 5.41) is 20.5. The van der Waals surface area contributed by atoms with Crippen LogP contribution in [0.2, 0.25) is 0 Å². The van der Waals surface area contributed by atoms with E-state index in [1.165, 1.54) is 28.1 Å². The number of rotatable bonds is 5. The first-order valence-electron chi connectivity index (χ1n) is 12.3. The van der Waals surface area contributed by atoms with Gasteiger partial charge in [0.25, 0.3) is 0 Å². The molecule has 0 spiro atoms. The molecule has 194 valence electrons. The molecule has 8 nitrogen and oxygen atoms in total. The maximum Gasteiger partial charge on any atom is 0.302 e. The number of hydrogen-bond acceptors (Lipinski definition) is 8. The summed E-state index contributed by atoms with van der Waals surface area (Å²) in [5.74, 6) is 0.383. The topological polar surface area (TPSA) is 112 Å². The molecule has 1 fully saturated rings. The number of ether oxygens (including phenoxy) is 4. The molecular formula is C28H34O8. The van der Waals surface area contributed by atoms with Crippen LogP contribution in [0.15, 0.2) is 30.3 Å². The highest BCUT2D eigenvalue weighted by Gasteiger charge is 2.42. The molecule has 5 atom stereocenters. The zero-order valence-corrected chi connectivity index (χ0v) is 21.2. The lowest BCUT2D eigenvalue weighted by Gasteiger charge is -2.43. The van der Waals surface area contributed by atoms with Crippen molar-refractivity contribution in [3.63, 3.8) is 0 Å². The quantitative estimate of drug-likeness (QED) is 0.588. The lowest BCUT2D eigenvalue weighted by atomic mass is 9.66. The van der Waals surface area contributed by atoms with Crippen LogP contribution in [0, 0.1) is 11.8 Å². The first-order chi connectivity index (χ1) is 17.2. The van der Waals surface area contributed by atoms with Crippen LogP contribution in [-0.4, -0.2) is 48.6 Å². The smallest absolute Gasteiger partial charge is 0.302 e. The zero-order chi connectivity index (χ0) is 26.0. The Labute approximate surface area is 211 Å². The Bertz CT molecular complexity index is 1130. The largest absolute Gasteiger partial charge is 0.504 e. The standard InChI is InChI=1S/C28H34O8/c1-15(29)35-22-9-18(17-5-6-24(31)27(12-17)33-3)7-21-8-19-11-25(32)28(34-4)13-20(19)10-23(21)26(14-22)36-16(2)30/h5-6,11-13,18,21-23,26,31-32H,7-10,14H2,1-4H3. The highest BCUT2D eigenvalue weighted by atomic mass is 16.6. The lowest BCUT2D eigenvalue weighted by molar-refractivity contribution is -0.158. The van der Waals surface area contributed by atoms with Crippen LogP contribution in [0.25, 0.3) is 0 Å². The number of aromatic hydroxyl groups is 2. The van der Waals surface area contributed by atoms with E-state index >= 15 is 0 Å². The highest BCUT2D eigenvalue weighted by Crippen LogP contribution is 2.46. The predicted octanol–water partition coefficient (Wildman–Crippen LogP) is 4.28. The van der Waals surface area contributed by atoms with Crippen molar-refractivity contribution in [1.82, 2.24) is 0 Å². The molecule has 0 saturated heterocycles. The van der Waals surface area contributed by atoms with E-state index in [1.807, 2.05) is 18.2 Å². The lowest BCUT2D eigenvalue weighted by Crippen LogP contribution is -2.42. The molecule has 2 aliphatic carbocycles. The van der Waals surface area contributed by atoms with Crippen LogP contribution >= 0.6 is 0 Å². The average molecular weight is 499 g/mol. The van der Waals surface area contributed by atoms with Gasteiger partial charge in [0.1, 0.15) is 12.2 Å². The third kappa shape index (κ3) is 5.53. The maximum atomic E-state index is 12.1. The van der Waals surface area contributed by atoms with E-state index < -0.39 is 12.2 Å². The second-order valence-corrected chi connectivity index (χ2v) is 9.84. The van der Waals surface area contributed by atoms with E-state index in [4.69, 9.17) is 18.9 Å². The first-order valence-corrected chi connectivity index (χ1v) is 12.3. The van der Waals surface area contributed by atoms with Crippen LogP contribution in [0.5, 0.6) is 23.0 Å². The molecule has 2 aromatic rings. The SMILES string of the molecule is COc1cc(C2CC(OC(C)=O)CC(OC(C)=O)C3Cc4cc(OC)c(O)cc4CC3C2)ccc1O. The summed E-state index contributed by atoms with van der Waals surface area (Å²) in [6.07, 6.45) is 2.20. The van der Waals surface area contributed by atoms with Crippen LogP contribution in [0.1, 0.15) is 55.7 Å². The van der Waals surface area contributed by atoms with Crippen molar-refractivity contribution in [3.8, 4) is 23.0 Å². The molecule has 4 rings (SSSR count). The van der Waals surface area contributed by atoms with Crippen molar-refractivity contribution < 1.29 is 38.7 Å². The minimum atomic E-state index is -0.437. The number of benzene rings is 2. The Balaban J connectivity index is 1.75. The van der Waals surface area contributed by atoms with Crippen molar-refractivity contribution in [3.05, 3.63) is 47.0 Å². The second kappa shape index (κ2) is 10.7. The number of methoxy groups -OCH3 is 2. The van der Waals surface area contributed by atoms with Gasteiger partial charge in [0.05, 0.1) is 14.2 Å². The van der Waals surface area contributed by atoms with Gasteiger partial charge >= 0.3 is 11.9 Å². The Kier molecular flexibility index (Phi) is 7.62. The van der Waals surface area contributed by atoms with Gasteiger partial charge in [0.15, 0.2) is 23.0 Å². The second-order valence-electron chi connectivity index (χ2n) is 9.84. The van der Waals surface area contributed by atoms with E-state index in [0.29, 0.717) is 37.2 Å². The van der Waals surface area contributed by atoms with Crippen molar-refractivity contribution in [2.45, 2.75) is 64.1 Å². The highest BCUT2D eigenvalue weighted by molar-refractivity contribution is 5.67. The number of carbonyl (C=O) groups excluding carboxylic acids is 2. The molecule has 2 N–H and O–H groups in total. The normalized spacial score (nSPS) is 25.4. The fourth-order valence-corrected chi connectivity index (χ4v) is 5.95. The summed E-state index contributed by atoms with van der Waals surface area (Å²) in [4.78, 5) is 24.0. The minimum Gasteiger partial charge on any atom is -0.504 e. The van der Waals surface area contributed by atoms with Gasteiger partial charge in [0, 0.05) is 26.2 Å². The van der Waals surface area contributed by atoms with Gasteiger partial charge in [-0.2, -0.15) is 0 Å². The Morgan fingerprint density at radius 1 is 0.806 bits per heavy atom. The average Bonchev–Trinajstić information content (AvgIpc) is 2.81. The van der Waals surface area contributed by atoms with E-state index in [0.717, 1.165) is 23.1 Å². The molecule has 0 aromatic heterocycles. The van der Waals surface area contributed by atoms with Crippen molar-refractivity contribution in [2.24, 2.45) is 11.8 Å². The summed E-state index contributed by atoms with van der Waals surface area (Å²) in [6.45, 7) is 2.79. The number of phenols is 2. The summed E-state index contributed by atoms with van der Waals surface area (Å²) in [6, 6.07) is 8.95. The molecule has 0 heterocycles. The fourth-order valence-electron chi connectivity index (χ4n) is 5.95. The number of phenolic OH excluding ortho intramolecular Hbond substituents is 2. The number of esters is 2. The number of carbonyl (C=O) groups is 2. The molecule has 5 unspecified atom stereocenters. The summed E-state index contributed by atoms with van der Waals surface area (Å²) < 4.78 is 22.2. The molecule has 2 aliphatic rings. The van der Waals surface area contributed by atoms with E-state index in [2.05, 4.69) is 0 Å². The van der Waals surface area contributed by atoms with Crippen LogP contribution < -0.4 is 9.47 Å². The molecular weight excluding hydrogens is 464 g/mol. The number of hydrogen-bond donors (Lipinski definition) is 2. The zero-order valence-electron chi connectivity index (χ0n) is 21.2. The number of fused-ring (bicyclic) bond motifs is 2. The van der Waals surface area contributed by atoms with Gasteiger partial charge in [-0.05, 0) is 78.5 Å². The molecule has 36 heavy (non-hydrogen) atoms. The summed E-state index contributed by atoms with van der Waals surface area (Å²) >= 11 is 0. The molecule has 0 amide bonds. The van der Waals surface area contributed by atoms with E-state index in [-0.39, 0.29) is 41.2 Å². The van der Waals surface area contributed by atoms with Gasteiger partial charge in [-0.25, -0.2) is 0 Å².